The van der Waals surface area contributed by atoms with Crippen LogP contribution >= 0.6 is 0 Å². The molecule has 0 aliphatic carbocycles. The molecular weight excluding hydrogens is 214 g/mol. The van der Waals surface area contributed by atoms with Gasteiger partial charge in [0, 0.05) is 26.1 Å². The summed E-state index contributed by atoms with van der Waals surface area (Å²) in [6.07, 6.45) is 8.80. The van der Waals surface area contributed by atoms with Crippen LogP contribution in [0.2, 0.25) is 0 Å². The van der Waals surface area contributed by atoms with Crippen molar-refractivity contribution in [3.8, 4) is 0 Å². The van der Waals surface area contributed by atoms with E-state index < -0.39 is 0 Å². The van der Waals surface area contributed by atoms with E-state index in [0.717, 1.165) is 32.4 Å². The highest BCUT2D eigenvalue weighted by Gasteiger charge is 2.22. The highest BCUT2D eigenvalue weighted by atomic mass is 16.3. The zero-order valence-electron chi connectivity index (χ0n) is 11.2. The van der Waals surface area contributed by atoms with Gasteiger partial charge < -0.3 is 10.0 Å². The highest BCUT2D eigenvalue weighted by molar-refractivity contribution is 5.76. The molecule has 1 N–H and O–H groups in total. The maximum Gasteiger partial charge on any atom is 0.222 e. The van der Waals surface area contributed by atoms with Gasteiger partial charge in [0.05, 0.1) is 0 Å². The Labute approximate surface area is 105 Å². The lowest BCUT2D eigenvalue weighted by Crippen LogP contribution is -2.40. The van der Waals surface area contributed by atoms with Crippen molar-refractivity contribution in [1.82, 2.24) is 4.90 Å². The third-order valence-electron chi connectivity index (χ3n) is 3.62. The van der Waals surface area contributed by atoms with Crippen LogP contribution in [0.3, 0.4) is 0 Å². The number of amides is 1. The first-order valence-corrected chi connectivity index (χ1v) is 7.16. The number of aliphatic hydroxyl groups excluding tert-OH is 1. The normalized spacial score (nSPS) is 20.6. The highest BCUT2D eigenvalue weighted by Crippen LogP contribution is 2.17. The molecule has 0 spiro atoms. The van der Waals surface area contributed by atoms with E-state index in [-0.39, 0.29) is 6.61 Å². The molecular formula is C14H27NO2. The molecule has 0 bridgehead atoms. The Morgan fingerprint density at radius 2 is 2.06 bits per heavy atom. The average Bonchev–Trinajstić information content (AvgIpc) is 2.38. The van der Waals surface area contributed by atoms with Crippen LogP contribution < -0.4 is 0 Å². The second-order valence-corrected chi connectivity index (χ2v) is 5.19. The van der Waals surface area contributed by atoms with Crippen molar-refractivity contribution < 1.29 is 9.90 Å². The fourth-order valence-electron chi connectivity index (χ4n) is 2.48. The van der Waals surface area contributed by atoms with Crippen molar-refractivity contribution in [2.24, 2.45) is 5.92 Å². The van der Waals surface area contributed by atoms with E-state index in [9.17, 15) is 4.79 Å². The standard InChI is InChI=1S/C14H27NO2/c1-2-3-4-5-6-9-14(17)15-10-7-8-13(11-15)12-16/h13,16H,2-12H2,1H3. The van der Waals surface area contributed by atoms with E-state index in [0.29, 0.717) is 18.2 Å². The van der Waals surface area contributed by atoms with E-state index in [4.69, 9.17) is 5.11 Å². The molecule has 1 heterocycles. The molecule has 1 fully saturated rings. The molecule has 0 saturated carbocycles. The van der Waals surface area contributed by atoms with Crippen LogP contribution in [0.5, 0.6) is 0 Å². The number of aliphatic hydroxyl groups is 1. The Bertz CT molecular complexity index is 218. The number of hydrogen-bond acceptors (Lipinski definition) is 2. The molecule has 0 aromatic heterocycles. The van der Waals surface area contributed by atoms with Crippen LogP contribution in [0, 0.1) is 5.92 Å². The van der Waals surface area contributed by atoms with Gasteiger partial charge in [0.15, 0.2) is 0 Å². The summed E-state index contributed by atoms with van der Waals surface area (Å²) in [6.45, 7) is 4.09. The Balaban J connectivity index is 2.14. The lowest BCUT2D eigenvalue weighted by molar-refractivity contribution is -0.133. The minimum absolute atomic E-state index is 0.222. The van der Waals surface area contributed by atoms with Crippen LogP contribution in [0.25, 0.3) is 0 Å². The Morgan fingerprint density at radius 3 is 2.76 bits per heavy atom. The SMILES string of the molecule is CCCCCCCC(=O)N1CCCC(CO)C1. The number of carbonyl (C=O) groups excluding carboxylic acids is 1. The summed E-state index contributed by atoms with van der Waals surface area (Å²) in [6, 6.07) is 0. The van der Waals surface area contributed by atoms with Crippen molar-refractivity contribution in [3.63, 3.8) is 0 Å². The summed E-state index contributed by atoms with van der Waals surface area (Å²) in [5.74, 6) is 0.604. The van der Waals surface area contributed by atoms with Crippen LogP contribution in [-0.4, -0.2) is 35.6 Å². The molecule has 3 heteroatoms. The Hall–Kier alpha value is -0.570. The number of nitrogens with zero attached hydrogens (tertiary/aromatic N) is 1. The topological polar surface area (TPSA) is 40.5 Å². The predicted octanol–water partition coefficient (Wildman–Crippen LogP) is 2.58. The molecule has 1 aliphatic heterocycles. The van der Waals surface area contributed by atoms with Crippen LogP contribution in [0.4, 0.5) is 0 Å². The zero-order chi connectivity index (χ0) is 12.5. The van der Waals surface area contributed by atoms with Gasteiger partial charge in [-0.05, 0) is 25.2 Å². The monoisotopic (exact) mass is 241 g/mol. The molecule has 17 heavy (non-hydrogen) atoms. The first kappa shape index (κ1) is 14.5. The van der Waals surface area contributed by atoms with Crippen molar-refractivity contribution in [2.45, 2.75) is 58.3 Å². The zero-order valence-corrected chi connectivity index (χ0v) is 11.2. The minimum atomic E-state index is 0.222. The van der Waals surface area contributed by atoms with Gasteiger partial charge in [0.2, 0.25) is 5.91 Å². The van der Waals surface area contributed by atoms with Gasteiger partial charge in [0.1, 0.15) is 0 Å². The van der Waals surface area contributed by atoms with Crippen molar-refractivity contribution >= 4 is 5.91 Å². The van der Waals surface area contributed by atoms with E-state index >= 15 is 0 Å². The third-order valence-corrected chi connectivity index (χ3v) is 3.62. The molecule has 100 valence electrons. The predicted molar refractivity (Wildman–Crippen MR) is 69.8 cm³/mol. The van der Waals surface area contributed by atoms with Gasteiger partial charge in [-0.3, -0.25) is 4.79 Å². The lowest BCUT2D eigenvalue weighted by atomic mass is 9.98. The van der Waals surface area contributed by atoms with Crippen molar-refractivity contribution in [2.75, 3.05) is 19.7 Å². The lowest BCUT2D eigenvalue weighted by Gasteiger charge is -2.32. The number of hydrogen-bond donors (Lipinski definition) is 1. The number of unbranched alkanes of at least 4 members (excludes halogenated alkanes) is 4. The number of rotatable bonds is 7. The maximum absolute atomic E-state index is 11.9. The number of likely N-dealkylation sites (tertiary alicyclic amines) is 1. The summed E-state index contributed by atoms with van der Waals surface area (Å²) >= 11 is 0. The van der Waals surface area contributed by atoms with E-state index in [1.54, 1.807) is 0 Å². The fourth-order valence-corrected chi connectivity index (χ4v) is 2.48. The molecule has 0 aromatic carbocycles. The van der Waals surface area contributed by atoms with Gasteiger partial charge in [-0.15, -0.1) is 0 Å². The molecule has 1 aliphatic rings. The number of carbonyl (C=O) groups is 1. The smallest absolute Gasteiger partial charge is 0.222 e. The quantitative estimate of drug-likeness (QED) is 0.696. The third kappa shape index (κ3) is 5.53. The van der Waals surface area contributed by atoms with Crippen LogP contribution in [0.15, 0.2) is 0 Å². The molecule has 1 amide bonds. The summed E-state index contributed by atoms with van der Waals surface area (Å²) in [4.78, 5) is 13.9. The van der Waals surface area contributed by atoms with Crippen molar-refractivity contribution in [1.29, 1.82) is 0 Å². The summed E-state index contributed by atoms with van der Waals surface area (Å²) in [5.41, 5.74) is 0. The molecule has 0 radical (unpaired) electrons. The summed E-state index contributed by atoms with van der Waals surface area (Å²) in [7, 11) is 0. The Kier molecular flexibility index (Phi) is 7.25. The first-order chi connectivity index (χ1) is 8.27. The number of piperidine rings is 1. The molecule has 0 aromatic rings. The fraction of sp³-hybridized carbons (Fsp3) is 0.929. The van der Waals surface area contributed by atoms with Gasteiger partial charge in [0.25, 0.3) is 0 Å². The first-order valence-electron chi connectivity index (χ1n) is 7.16. The van der Waals surface area contributed by atoms with Gasteiger partial charge in [-0.25, -0.2) is 0 Å². The van der Waals surface area contributed by atoms with Gasteiger partial charge in [-0.2, -0.15) is 0 Å². The van der Waals surface area contributed by atoms with E-state index in [1.165, 1.54) is 25.7 Å². The second kappa shape index (κ2) is 8.51. The second-order valence-electron chi connectivity index (χ2n) is 5.19. The Morgan fingerprint density at radius 1 is 1.29 bits per heavy atom. The van der Waals surface area contributed by atoms with Crippen molar-refractivity contribution in [3.05, 3.63) is 0 Å². The molecule has 1 saturated heterocycles. The molecule has 1 atom stereocenters. The molecule has 3 nitrogen and oxygen atoms in total. The van der Waals surface area contributed by atoms with Gasteiger partial charge >= 0.3 is 0 Å². The van der Waals surface area contributed by atoms with E-state index in [1.807, 2.05) is 4.90 Å². The van der Waals surface area contributed by atoms with Gasteiger partial charge in [-0.1, -0.05) is 32.6 Å². The van der Waals surface area contributed by atoms with Crippen LogP contribution in [-0.2, 0) is 4.79 Å². The minimum Gasteiger partial charge on any atom is -0.396 e. The van der Waals surface area contributed by atoms with Crippen LogP contribution in [0.1, 0.15) is 58.3 Å². The average molecular weight is 241 g/mol. The maximum atomic E-state index is 11.9. The largest absolute Gasteiger partial charge is 0.396 e. The molecule has 1 unspecified atom stereocenters. The molecule has 1 rings (SSSR count). The summed E-state index contributed by atoms with van der Waals surface area (Å²) in [5, 5.41) is 9.13. The van der Waals surface area contributed by atoms with E-state index in [2.05, 4.69) is 6.92 Å². The summed E-state index contributed by atoms with van der Waals surface area (Å²) < 4.78 is 0.